The van der Waals surface area contributed by atoms with Gasteiger partial charge in [-0.15, -0.1) is 0 Å². The van der Waals surface area contributed by atoms with E-state index in [2.05, 4.69) is 13.0 Å². The molecule has 0 spiro atoms. The number of aliphatic hydroxyl groups is 1. The number of hydrogen-bond donors (Lipinski definition) is 1. The molecule has 0 radical (unpaired) electrons. The van der Waals surface area contributed by atoms with Crippen molar-refractivity contribution in [1.29, 1.82) is 5.26 Å². The zero-order valence-electron chi connectivity index (χ0n) is 8.92. The Balaban J connectivity index is 2.21. The summed E-state index contributed by atoms with van der Waals surface area (Å²) >= 11 is 0. The summed E-state index contributed by atoms with van der Waals surface area (Å²) in [6.45, 7) is 2.20. The van der Waals surface area contributed by atoms with E-state index in [1.54, 1.807) is 0 Å². The van der Waals surface area contributed by atoms with Gasteiger partial charge in [0, 0.05) is 0 Å². The third-order valence-electron chi connectivity index (χ3n) is 4.28. The van der Waals surface area contributed by atoms with Gasteiger partial charge in [0.1, 0.15) is 0 Å². The summed E-state index contributed by atoms with van der Waals surface area (Å²) in [6, 6.07) is 2.44. The molecule has 1 N–H and O–H groups in total. The number of hydrogen-bond acceptors (Lipinski definition) is 2. The van der Waals surface area contributed by atoms with Crippen molar-refractivity contribution in [2.45, 2.75) is 57.5 Å². The molecule has 0 aromatic carbocycles. The van der Waals surface area contributed by atoms with E-state index in [1.165, 1.54) is 6.42 Å². The van der Waals surface area contributed by atoms with Crippen LogP contribution in [0.3, 0.4) is 0 Å². The first kappa shape index (κ1) is 9.98. The Morgan fingerprint density at radius 3 is 2.43 bits per heavy atom. The molecule has 2 saturated carbocycles. The highest BCUT2D eigenvalue weighted by atomic mass is 16.3. The lowest BCUT2D eigenvalue weighted by molar-refractivity contribution is -0.133. The predicted octanol–water partition coefficient (Wildman–Crippen LogP) is 2.62. The molecule has 2 rings (SSSR count). The lowest BCUT2D eigenvalue weighted by Crippen LogP contribution is -2.54. The second kappa shape index (κ2) is 3.24. The molecule has 0 bridgehead atoms. The van der Waals surface area contributed by atoms with Gasteiger partial charge in [-0.1, -0.05) is 19.8 Å². The Labute approximate surface area is 85.9 Å². The second-order valence-electron chi connectivity index (χ2n) is 5.28. The van der Waals surface area contributed by atoms with Gasteiger partial charge in [0.25, 0.3) is 0 Å². The minimum atomic E-state index is -0.642. The van der Waals surface area contributed by atoms with Crippen molar-refractivity contribution in [3.8, 4) is 6.07 Å². The fourth-order valence-corrected chi connectivity index (χ4v) is 3.17. The first-order chi connectivity index (χ1) is 6.62. The third kappa shape index (κ3) is 1.26. The topological polar surface area (TPSA) is 44.0 Å². The molecule has 2 heteroatoms. The van der Waals surface area contributed by atoms with Crippen molar-refractivity contribution in [3.63, 3.8) is 0 Å². The zero-order chi connectivity index (χ0) is 10.2. The van der Waals surface area contributed by atoms with Gasteiger partial charge in [0.05, 0.1) is 17.1 Å². The molecular formula is C12H19NO. The average Bonchev–Trinajstić information content (AvgIpc) is 2.14. The van der Waals surface area contributed by atoms with E-state index < -0.39 is 11.0 Å². The SMILES string of the molecule is CC1CCCC(C#N)(C2(O)CCC2)C1. The molecule has 2 nitrogen and oxygen atoms in total. The van der Waals surface area contributed by atoms with Crippen LogP contribution in [0.4, 0.5) is 0 Å². The molecule has 2 atom stereocenters. The second-order valence-corrected chi connectivity index (χ2v) is 5.28. The van der Waals surface area contributed by atoms with Gasteiger partial charge in [-0.3, -0.25) is 0 Å². The lowest BCUT2D eigenvalue weighted by atomic mass is 9.55. The van der Waals surface area contributed by atoms with Gasteiger partial charge in [0.2, 0.25) is 0 Å². The molecule has 0 heterocycles. The Kier molecular flexibility index (Phi) is 2.31. The summed E-state index contributed by atoms with van der Waals surface area (Å²) < 4.78 is 0. The van der Waals surface area contributed by atoms with Gasteiger partial charge >= 0.3 is 0 Å². The molecule has 0 aromatic heterocycles. The Morgan fingerprint density at radius 1 is 1.29 bits per heavy atom. The number of nitriles is 1. The molecular weight excluding hydrogens is 174 g/mol. The Bertz CT molecular complexity index is 264. The summed E-state index contributed by atoms with van der Waals surface area (Å²) in [5.74, 6) is 0.605. The van der Waals surface area contributed by atoms with Crippen LogP contribution >= 0.6 is 0 Å². The zero-order valence-corrected chi connectivity index (χ0v) is 8.92. The summed E-state index contributed by atoms with van der Waals surface area (Å²) in [4.78, 5) is 0. The summed E-state index contributed by atoms with van der Waals surface area (Å²) in [6.07, 6.45) is 6.91. The number of nitrogens with zero attached hydrogens (tertiary/aromatic N) is 1. The van der Waals surface area contributed by atoms with E-state index >= 15 is 0 Å². The van der Waals surface area contributed by atoms with E-state index in [4.69, 9.17) is 0 Å². The lowest BCUT2D eigenvalue weighted by Gasteiger charge is -2.51. The fourth-order valence-electron chi connectivity index (χ4n) is 3.17. The van der Waals surface area contributed by atoms with E-state index in [0.29, 0.717) is 5.92 Å². The highest BCUT2D eigenvalue weighted by Crippen LogP contribution is 2.54. The molecule has 14 heavy (non-hydrogen) atoms. The maximum absolute atomic E-state index is 10.4. The highest BCUT2D eigenvalue weighted by Gasteiger charge is 2.55. The quantitative estimate of drug-likeness (QED) is 0.695. The molecule has 2 aliphatic rings. The van der Waals surface area contributed by atoms with Crippen LogP contribution < -0.4 is 0 Å². The van der Waals surface area contributed by atoms with Crippen LogP contribution in [0.2, 0.25) is 0 Å². The normalized spacial score (nSPS) is 41.1. The van der Waals surface area contributed by atoms with Crippen molar-refractivity contribution in [3.05, 3.63) is 0 Å². The van der Waals surface area contributed by atoms with E-state index in [0.717, 1.165) is 38.5 Å². The summed E-state index contributed by atoms with van der Waals surface area (Å²) in [5, 5.41) is 19.7. The van der Waals surface area contributed by atoms with E-state index in [1.807, 2.05) is 0 Å². The van der Waals surface area contributed by atoms with Gasteiger partial charge in [-0.05, 0) is 38.0 Å². The molecule has 78 valence electrons. The predicted molar refractivity (Wildman–Crippen MR) is 54.5 cm³/mol. The van der Waals surface area contributed by atoms with Gasteiger partial charge in [0.15, 0.2) is 0 Å². The van der Waals surface area contributed by atoms with Crippen LogP contribution in [0.25, 0.3) is 0 Å². The van der Waals surface area contributed by atoms with Crippen LogP contribution in [-0.2, 0) is 0 Å². The smallest absolute Gasteiger partial charge is 0.0862 e. The summed E-state index contributed by atoms with van der Waals surface area (Å²) in [7, 11) is 0. The largest absolute Gasteiger partial charge is 0.388 e. The van der Waals surface area contributed by atoms with Crippen LogP contribution in [-0.4, -0.2) is 10.7 Å². The third-order valence-corrected chi connectivity index (χ3v) is 4.28. The molecule has 0 aliphatic heterocycles. The van der Waals surface area contributed by atoms with Crippen molar-refractivity contribution in [2.75, 3.05) is 0 Å². The molecule has 2 aliphatic carbocycles. The Hall–Kier alpha value is -0.550. The van der Waals surface area contributed by atoms with E-state index in [-0.39, 0.29) is 0 Å². The average molecular weight is 193 g/mol. The van der Waals surface area contributed by atoms with Gasteiger partial charge < -0.3 is 5.11 Å². The first-order valence-corrected chi connectivity index (χ1v) is 5.76. The Morgan fingerprint density at radius 2 is 2.00 bits per heavy atom. The van der Waals surface area contributed by atoms with E-state index in [9.17, 15) is 10.4 Å². The van der Waals surface area contributed by atoms with Crippen LogP contribution in [0.15, 0.2) is 0 Å². The van der Waals surface area contributed by atoms with Gasteiger partial charge in [-0.2, -0.15) is 5.26 Å². The molecule has 0 aromatic rings. The highest BCUT2D eigenvalue weighted by molar-refractivity contribution is 5.16. The fraction of sp³-hybridized carbons (Fsp3) is 0.917. The van der Waals surface area contributed by atoms with Gasteiger partial charge in [-0.25, -0.2) is 0 Å². The molecule has 0 saturated heterocycles. The first-order valence-electron chi connectivity index (χ1n) is 5.76. The number of rotatable bonds is 1. The van der Waals surface area contributed by atoms with Crippen molar-refractivity contribution in [2.24, 2.45) is 11.3 Å². The van der Waals surface area contributed by atoms with Crippen molar-refractivity contribution >= 4 is 0 Å². The molecule has 2 fully saturated rings. The monoisotopic (exact) mass is 193 g/mol. The van der Waals surface area contributed by atoms with Crippen LogP contribution in [0, 0.1) is 22.7 Å². The summed E-state index contributed by atoms with van der Waals surface area (Å²) in [5.41, 5.74) is -1.06. The maximum atomic E-state index is 10.4. The van der Waals surface area contributed by atoms with Crippen molar-refractivity contribution in [1.82, 2.24) is 0 Å². The minimum Gasteiger partial charge on any atom is -0.388 e. The molecule has 2 unspecified atom stereocenters. The minimum absolute atomic E-state index is 0.414. The van der Waals surface area contributed by atoms with Crippen LogP contribution in [0.1, 0.15) is 51.9 Å². The van der Waals surface area contributed by atoms with Crippen LogP contribution in [0.5, 0.6) is 0 Å². The maximum Gasteiger partial charge on any atom is 0.0862 e. The standard InChI is InChI=1S/C12H19NO/c1-10-4-2-5-11(8-10,9-13)12(14)6-3-7-12/h10,14H,2-8H2,1H3. The van der Waals surface area contributed by atoms with Crippen molar-refractivity contribution < 1.29 is 5.11 Å². The molecule has 0 amide bonds.